The number of nitrogens with one attached hydrogen (secondary N) is 1. The van der Waals surface area contributed by atoms with Crippen molar-refractivity contribution >= 4 is 28.7 Å². The highest BCUT2D eigenvalue weighted by Crippen LogP contribution is 2.20. The molecule has 3 rings (SSSR count). The van der Waals surface area contributed by atoms with Gasteiger partial charge in [-0.15, -0.1) is 11.8 Å². The molecule has 1 aromatic carbocycles. The first-order valence-corrected chi connectivity index (χ1v) is 9.95. The molecule has 1 N–H and O–H groups in total. The van der Waals surface area contributed by atoms with E-state index in [-0.39, 0.29) is 17.8 Å². The third-order valence-corrected chi connectivity index (χ3v) is 5.28. The zero-order chi connectivity index (χ0) is 19.4. The normalized spacial score (nSPS) is 11.3. The van der Waals surface area contributed by atoms with E-state index in [0.717, 1.165) is 28.1 Å². The molecule has 0 saturated carbocycles. The van der Waals surface area contributed by atoms with Gasteiger partial charge in [-0.05, 0) is 63.3 Å². The van der Waals surface area contributed by atoms with Crippen LogP contribution in [0.1, 0.15) is 42.4 Å². The Morgan fingerprint density at radius 2 is 2.04 bits per heavy atom. The summed E-state index contributed by atoms with van der Waals surface area (Å²) in [7, 11) is 0. The van der Waals surface area contributed by atoms with Gasteiger partial charge < -0.3 is 5.32 Å². The van der Waals surface area contributed by atoms with Crippen LogP contribution in [0.3, 0.4) is 0 Å². The summed E-state index contributed by atoms with van der Waals surface area (Å²) in [5.74, 6) is 0.501. The van der Waals surface area contributed by atoms with Crippen LogP contribution in [0.4, 0.5) is 4.39 Å². The fourth-order valence-electron chi connectivity index (χ4n) is 2.76. The summed E-state index contributed by atoms with van der Waals surface area (Å²) in [6.07, 6.45) is 2.58. The van der Waals surface area contributed by atoms with Gasteiger partial charge >= 0.3 is 0 Å². The van der Waals surface area contributed by atoms with Gasteiger partial charge in [-0.25, -0.2) is 14.1 Å². The Kier molecular flexibility index (Phi) is 6.11. The predicted molar refractivity (Wildman–Crippen MR) is 107 cm³/mol. The number of aryl methyl sites for hydroxylation is 1. The van der Waals surface area contributed by atoms with Crippen molar-refractivity contribution in [1.29, 1.82) is 0 Å². The lowest BCUT2D eigenvalue weighted by molar-refractivity contribution is 0.0953. The van der Waals surface area contributed by atoms with Crippen molar-refractivity contribution in [3.05, 3.63) is 53.6 Å². The predicted octanol–water partition coefficient (Wildman–Crippen LogP) is 4.37. The third-order valence-electron chi connectivity index (χ3n) is 4.18. The molecule has 0 fully saturated rings. The highest BCUT2D eigenvalue weighted by molar-refractivity contribution is 7.99. The van der Waals surface area contributed by atoms with Gasteiger partial charge in [0.25, 0.3) is 5.91 Å². The Morgan fingerprint density at radius 1 is 1.30 bits per heavy atom. The van der Waals surface area contributed by atoms with E-state index in [1.54, 1.807) is 30.1 Å². The minimum atomic E-state index is -0.230. The number of hydrogen-bond acceptors (Lipinski definition) is 4. The first-order chi connectivity index (χ1) is 13.0. The van der Waals surface area contributed by atoms with Gasteiger partial charge in [0.2, 0.25) is 0 Å². The Labute approximate surface area is 162 Å². The monoisotopic (exact) mass is 386 g/mol. The molecule has 0 aliphatic carbocycles. The molecular formula is C20H23FN4OS. The summed E-state index contributed by atoms with van der Waals surface area (Å²) < 4.78 is 14.7. The molecule has 2 aromatic heterocycles. The first kappa shape index (κ1) is 19.4. The van der Waals surface area contributed by atoms with E-state index in [4.69, 9.17) is 0 Å². The van der Waals surface area contributed by atoms with Crippen molar-refractivity contribution in [1.82, 2.24) is 20.1 Å². The standard InChI is InChI=1S/C20H23FN4OS/c1-13(2)25-19-15(12-23-25)11-18(14(3)24-19)20(26)22-9-4-10-27-17-7-5-16(21)6-8-17/h5-8,11-13H,4,9-10H2,1-3H3,(H,22,26). The number of carbonyl (C=O) groups is 1. The molecule has 0 radical (unpaired) electrons. The fourth-order valence-corrected chi connectivity index (χ4v) is 3.62. The van der Waals surface area contributed by atoms with E-state index in [1.165, 1.54) is 12.1 Å². The maximum absolute atomic E-state index is 12.9. The number of fused-ring (bicyclic) bond motifs is 1. The van der Waals surface area contributed by atoms with E-state index in [1.807, 2.05) is 31.5 Å². The van der Waals surface area contributed by atoms with Crippen LogP contribution in [0.2, 0.25) is 0 Å². The van der Waals surface area contributed by atoms with Crippen molar-refractivity contribution in [2.45, 2.75) is 38.1 Å². The molecule has 0 saturated heterocycles. The van der Waals surface area contributed by atoms with Crippen molar-refractivity contribution in [3.63, 3.8) is 0 Å². The second-order valence-corrected chi connectivity index (χ2v) is 7.80. The van der Waals surface area contributed by atoms with E-state index in [0.29, 0.717) is 17.8 Å². The molecule has 7 heteroatoms. The maximum atomic E-state index is 12.9. The average molecular weight is 386 g/mol. The molecule has 0 atom stereocenters. The zero-order valence-electron chi connectivity index (χ0n) is 15.7. The summed E-state index contributed by atoms with van der Waals surface area (Å²) >= 11 is 1.65. The number of aromatic nitrogens is 3. The molecule has 0 unspecified atom stereocenters. The SMILES string of the molecule is Cc1nc2c(cnn2C(C)C)cc1C(=O)NCCCSc1ccc(F)cc1. The number of nitrogens with zero attached hydrogens (tertiary/aromatic N) is 3. The molecule has 0 bridgehead atoms. The Balaban J connectivity index is 1.54. The second-order valence-electron chi connectivity index (χ2n) is 6.63. The molecule has 0 aliphatic rings. The van der Waals surface area contributed by atoms with E-state index in [9.17, 15) is 9.18 Å². The number of halogens is 1. The number of rotatable bonds is 7. The van der Waals surface area contributed by atoms with Crippen molar-refractivity contribution in [3.8, 4) is 0 Å². The molecule has 27 heavy (non-hydrogen) atoms. The van der Waals surface area contributed by atoms with Crippen LogP contribution in [0.15, 0.2) is 41.4 Å². The van der Waals surface area contributed by atoms with Crippen LogP contribution in [0.25, 0.3) is 11.0 Å². The summed E-state index contributed by atoms with van der Waals surface area (Å²) in [4.78, 5) is 18.1. The lowest BCUT2D eigenvalue weighted by atomic mass is 10.1. The van der Waals surface area contributed by atoms with Gasteiger partial charge in [-0.3, -0.25) is 4.79 Å². The number of amides is 1. The lowest BCUT2D eigenvalue weighted by Gasteiger charge is -2.10. The van der Waals surface area contributed by atoms with Crippen LogP contribution in [0, 0.1) is 12.7 Å². The van der Waals surface area contributed by atoms with Gasteiger partial charge in [-0.2, -0.15) is 5.10 Å². The molecule has 1 amide bonds. The summed E-state index contributed by atoms with van der Waals surface area (Å²) in [6, 6.07) is 8.51. The van der Waals surface area contributed by atoms with E-state index in [2.05, 4.69) is 15.4 Å². The van der Waals surface area contributed by atoms with Crippen molar-refractivity contribution in [2.24, 2.45) is 0 Å². The van der Waals surface area contributed by atoms with Gasteiger partial charge in [0.1, 0.15) is 5.82 Å². The molecule has 3 aromatic rings. The summed E-state index contributed by atoms with van der Waals surface area (Å²) in [6.45, 7) is 6.52. The smallest absolute Gasteiger partial charge is 0.253 e. The quantitative estimate of drug-likeness (QED) is 0.484. The highest BCUT2D eigenvalue weighted by atomic mass is 32.2. The summed E-state index contributed by atoms with van der Waals surface area (Å²) in [5, 5.41) is 8.17. The molecular weight excluding hydrogens is 363 g/mol. The minimum Gasteiger partial charge on any atom is -0.352 e. The average Bonchev–Trinajstić information content (AvgIpc) is 3.05. The van der Waals surface area contributed by atoms with Crippen LogP contribution in [-0.2, 0) is 0 Å². The topological polar surface area (TPSA) is 59.8 Å². The second kappa shape index (κ2) is 8.52. The molecule has 142 valence electrons. The van der Waals surface area contributed by atoms with Crippen molar-refractivity contribution in [2.75, 3.05) is 12.3 Å². The Bertz CT molecular complexity index is 937. The van der Waals surface area contributed by atoms with Crippen LogP contribution in [0.5, 0.6) is 0 Å². The third kappa shape index (κ3) is 4.66. The van der Waals surface area contributed by atoms with E-state index >= 15 is 0 Å². The Hall–Kier alpha value is -2.41. The van der Waals surface area contributed by atoms with Crippen LogP contribution < -0.4 is 5.32 Å². The van der Waals surface area contributed by atoms with Crippen LogP contribution >= 0.6 is 11.8 Å². The minimum absolute atomic E-state index is 0.119. The highest BCUT2D eigenvalue weighted by Gasteiger charge is 2.14. The first-order valence-electron chi connectivity index (χ1n) is 8.97. The van der Waals surface area contributed by atoms with E-state index < -0.39 is 0 Å². The molecule has 5 nitrogen and oxygen atoms in total. The summed E-state index contributed by atoms with van der Waals surface area (Å²) in [5.41, 5.74) is 2.08. The largest absolute Gasteiger partial charge is 0.352 e. The van der Waals surface area contributed by atoms with Gasteiger partial charge in [0, 0.05) is 22.9 Å². The molecule has 2 heterocycles. The van der Waals surface area contributed by atoms with Crippen molar-refractivity contribution < 1.29 is 9.18 Å². The number of benzene rings is 1. The van der Waals surface area contributed by atoms with Gasteiger partial charge in [0.05, 0.1) is 17.5 Å². The Morgan fingerprint density at radius 3 is 2.74 bits per heavy atom. The fraction of sp³-hybridized carbons (Fsp3) is 0.350. The lowest BCUT2D eigenvalue weighted by Crippen LogP contribution is -2.25. The molecule has 0 spiro atoms. The number of thioether (sulfide) groups is 1. The zero-order valence-corrected chi connectivity index (χ0v) is 16.5. The number of carbonyl (C=O) groups excluding carboxylic acids is 1. The number of pyridine rings is 1. The maximum Gasteiger partial charge on any atom is 0.253 e. The molecule has 0 aliphatic heterocycles. The van der Waals surface area contributed by atoms with Gasteiger partial charge in [-0.1, -0.05) is 0 Å². The van der Waals surface area contributed by atoms with Gasteiger partial charge in [0.15, 0.2) is 5.65 Å². The number of hydrogen-bond donors (Lipinski definition) is 1. The van der Waals surface area contributed by atoms with Crippen LogP contribution in [-0.4, -0.2) is 33.0 Å².